The number of carbonyl (C=O) groups excluding carboxylic acids is 2. The van der Waals surface area contributed by atoms with E-state index in [1.54, 1.807) is 31.2 Å². The molecule has 0 aromatic heterocycles. The number of benzene rings is 1. The van der Waals surface area contributed by atoms with Gasteiger partial charge in [-0.15, -0.1) is 0 Å². The van der Waals surface area contributed by atoms with Crippen LogP contribution < -0.4 is 5.11 Å². The summed E-state index contributed by atoms with van der Waals surface area (Å²) in [6.45, 7) is 1.78. The van der Waals surface area contributed by atoms with Crippen molar-refractivity contribution < 1.29 is 19.4 Å². The molecule has 0 radical (unpaired) electrons. The van der Waals surface area contributed by atoms with Crippen molar-refractivity contribution in [1.29, 1.82) is 0 Å². The molecular weight excluding hydrogens is 288 g/mol. The van der Waals surface area contributed by atoms with Gasteiger partial charge in [0.1, 0.15) is 5.92 Å². The largest absolute Gasteiger partial charge is 0.549 e. The number of rotatable bonds is 5. The Balaban J connectivity index is 2.76. The molecule has 1 aromatic rings. The molecule has 0 aliphatic rings. The van der Waals surface area contributed by atoms with E-state index in [4.69, 9.17) is 4.74 Å². The Hall–Kier alpha value is -1.36. The lowest BCUT2D eigenvalue weighted by atomic mass is 10.00. The van der Waals surface area contributed by atoms with Crippen LogP contribution in [0.4, 0.5) is 0 Å². The van der Waals surface area contributed by atoms with Crippen LogP contribution in [0.1, 0.15) is 12.5 Å². The van der Waals surface area contributed by atoms with Gasteiger partial charge in [0.25, 0.3) is 0 Å². The van der Waals surface area contributed by atoms with Crippen LogP contribution in [0, 0.1) is 5.92 Å². The van der Waals surface area contributed by atoms with E-state index in [0.29, 0.717) is 0 Å². The van der Waals surface area contributed by atoms with Crippen LogP contribution in [0.25, 0.3) is 0 Å². The van der Waals surface area contributed by atoms with Crippen molar-refractivity contribution in [1.82, 2.24) is 0 Å². The lowest BCUT2D eigenvalue weighted by molar-refractivity contribution is -0.310. The molecule has 92 valence electrons. The van der Waals surface area contributed by atoms with Crippen LogP contribution in [0.3, 0.4) is 0 Å². The first kappa shape index (κ1) is 13.7. The second-order valence-electron chi connectivity index (χ2n) is 3.45. The van der Waals surface area contributed by atoms with Crippen molar-refractivity contribution in [3.8, 4) is 0 Å². The van der Waals surface area contributed by atoms with Gasteiger partial charge < -0.3 is 14.6 Å². The van der Waals surface area contributed by atoms with Gasteiger partial charge in [-0.1, -0.05) is 28.1 Å². The summed E-state index contributed by atoms with van der Waals surface area (Å²) < 4.78 is 5.58. The number of ether oxygens (including phenoxy) is 1. The number of hydrogen-bond acceptors (Lipinski definition) is 4. The zero-order chi connectivity index (χ0) is 12.8. The van der Waals surface area contributed by atoms with Gasteiger partial charge >= 0.3 is 5.97 Å². The van der Waals surface area contributed by atoms with Crippen LogP contribution in [0.2, 0.25) is 0 Å². The van der Waals surface area contributed by atoms with E-state index in [1.165, 1.54) is 0 Å². The Morgan fingerprint density at radius 2 is 1.94 bits per heavy atom. The van der Waals surface area contributed by atoms with Gasteiger partial charge in [0.15, 0.2) is 0 Å². The van der Waals surface area contributed by atoms with E-state index < -0.39 is 17.9 Å². The van der Waals surface area contributed by atoms with E-state index >= 15 is 0 Å². The van der Waals surface area contributed by atoms with Crippen molar-refractivity contribution in [2.24, 2.45) is 5.92 Å². The Morgan fingerprint density at radius 3 is 2.41 bits per heavy atom. The monoisotopic (exact) mass is 299 g/mol. The van der Waals surface area contributed by atoms with Crippen LogP contribution in [0.5, 0.6) is 0 Å². The average Bonchev–Trinajstić information content (AvgIpc) is 2.28. The molecule has 17 heavy (non-hydrogen) atoms. The molecule has 1 rings (SSSR count). The van der Waals surface area contributed by atoms with Crippen LogP contribution in [0.15, 0.2) is 28.7 Å². The van der Waals surface area contributed by atoms with Gasteiger partial charge in [0.2, 0.25) is 0 Å². The second kappa shape index (κ2) is 6.39. The van der Waals surface area contributed by atoms with Crippen LogP contribution in [-0.4, -0.2) is 18.5 Å². The van der Waals surface area contributed by atoms with Gasteiger partial charge in [-0.2, -0.15) is 0 Å². The molecule has 0 N–H and O–H groups in total. The fraction of sp³-hybridized carbons (Fsp3) is 0.333. The Labute approximate surface area is 108 Å². The number of aliphatic carboxylic acids is 1. The summed E-state index contributed by atoms with van der Waals surface area (Å²) in [7, 11) is 0. The van der Waals surface area contributed by atoms with Crippen molar-refractivity contribution >= 4 is 27.9 Å². The van der Waals surface area contributed by atoms with Crippen molar-refractivity contribution in [3.63, 3.8) is 0 Å². The molecule has 0 fully saturated rings. The normalized spacial score (nSPS) is 11.9. The predicted octanol–water partition coefficient (Wildman–Crippen LogP) is 0.921. The molecule has 1 unspecified atom stereocenters. The smallest absolute Gasteiger partial charge is 0.314 e. The molecule has 1 aromatic carbocycles. The summed E-state index contributed by atoms with van der Waals surface area (Å²) in [6, 6.07) is 7.07. The second-order valence-corrected chi connectivity index (χ2v) is 4.37. The standard InChI is InChI=1S/C12H13BrO4/c1-2-17-12(16)10(11(14)15)7-8-3-5-9(13)6-4-8/h3-6,10H,2,7H2,1H3,(H,14,15)/p-1. The Bertz CT molecular complexity index is 399. The SMILES string of the molecule is CCOC(=O)C(Cc1ccc(Br)cc1)C(=O)[O-]. The highest BCUT2D eigenvalue weighted by atomic mass is 79.9. The fourth-order valence-electron chi connectivity index (χ4n) is 1.36. The van der Waals surface area contributed by atoms with Gasteiger partial charge in [-0.05, 0) is 31.0 Å². The van der Waals surface area contributed by atoms with Gasteiger partial charge in [0, 0.05) is 4.47 Å². The highest BCUT2D eigenvalue weighted by Gasteiger charge is 2.21. The van der Waals surface area contributed by atoms with Crippen molar-refractivity contribution in [3.05, 3.63) is 34.3 Å². The molecule has 0 spiro atoms. The fourth-order valence-corrected chi connectivity index (χ4v) is 1.63. The molecule has 0 aliphatic heterocycles. The lowest BCUT2D eigenvalue weighted by Crippen LogP contribution is -2.38. The minimum Gasteiger partial charge on any atom is -0.549 e. The third-order valence-corrected chi connectivity index (χ3v) is 2.74. The molecular formula is C12H12BrO4-. The molecule has 0 saturated carbocycles. The molecule has 0 amide bonds. The quantitative estimate of drug-likeness (QED) is 0.599. The summed E-state index contributed by atoms with van der Waals surface area (Å²) in [4.78, 5) is 22.3. The van der Waals surface area contributed by atoms with E-state index in [0.717, 1.165) is 10.0 Å². The maximum absolute atomic E-state index is 11.4. The molecule has 1 atom stereocenters. The maximum atomic E-state index is 11.4. The molecule has 0 aliphatic carbocycles. The highest BCUT2D eigenvalue weighted by molar-refractivity contribution is 9.10. The number of halogens is 1. The first-order valence-corrected chi connectivity index (χ1v) is 5.95. The Morgan fingerprint density at radius 1 is 1.35 bits per heavy atom. The number of carbonyl (C=O) groups is 2. The molecule has 0 saturated heterocycles. The zero-order valence-corrected chi connectivity index (χ0v) is 10.9. The first-order valence-electron chi connectivity index (χ1n) is 5.16. The highest BCUT2D eigenvalue weighted by Crippen LogP contribution is 2.14. The molecule has 5 heteroatoms. The Kier molecular flexibility index (Phi) is 5.15. The molecule has 0 heterocycles. The zero-order valence-electron chi connectivity index (χ0n) is 9.31. The van der Waals surface area contributed by atoms with Crippen LogP contribution >= 0.6 is 15.9 Å². The summed E-state index contributed by atoms with van der Waals surface area (Å²) in [6.07, 6.45) is 0.0778. The van der Waals surface area contributed by atoms with Gasteiger partial charge in [0.05, 0.1) is 12.6 Å². The number of hydrogen-bond donors (Lipinski definition) is 0. The summed E-state index contributed by atoms with van der Waals surface area (Å²) in [5.41, 5.74) is 0.746. The minimum absolute atomic E-state index is 0.0778. The molecule has 4 nitrogen and oxygen atoms in total. The maximum Gasteiger partial charge on any atom is 0.314 e. The predicted molar refractivity (Wildman–Crippen MR) is 63.0 cm³/mol. The summed E-state index contributed by atoms with van der Waals surface area (Å²) in [5.74, 6) is -3.42. The number of esters is 1. The average molecular weight is 300 g/mol. The van der Waals surface area contributed by atoms with Crippen molar-refractivity contribution in [2.45, 2.75) is 13.3 Å². The van der Waals surface area contributed by atoms with E-state index in [1.807, 2.05) is 0 Å². The van der Waals surface area contributed by atoms with Crippen LogP contribution in [-0.2, 0) is 20.7 Å². The van der Waals surface area contributed by atoms with Gasteiger partial charge in [-0.25, -0.2) is 0 Å². The van der Waals surface area contributed by atoms with E-state index in [-0.39, 0.29) is 13.0 Å². The van der Waals surface area contributed by atoms with E-state index in [2.05, 4.69) is 15.9 Å². The number of carboxylic acid groups (broad SMARTS) is 1. The molecule has 0 bridgehead atoms. The topological polar surface area (TPSA) is 66.4 Å². The minimum atomic E-state index is -1.41. The van der Waals surface area contributed by atoms with E-state index in [9.17, 15) is 14.7 Å². The third kappa shape index (κ3) is 4.19. The third-order valence-electron chi connectivity index (χ3n) is 2.21. The number of carboxylic acids is 1. The first-order chi connectivity index (χ1) is 8.04. The lowest BCUT2D eigenvalue weighted by Gasteiger charge is -2.16. The van der Waals surface area contributed by atoms with Crippen molar-refractivity contribution in [2.75, 3.05) is 6.61 Å². The summed E-state index contributed by atoms with van der Waals surface area (Å²) >= 11 is 3.27. The van der Waals surface area contributed by atoms with Gasteiger partial charge in [-0.3, -0.25) is 4.79 Å². The summed E-state index contributed by atoms with van der Waals surface area (Å²) in [5, 5.41) is 10.9.